The lowest BCUT2D eigenvalue weighted by Gasteiger charge is -2.10. The molecule has 2 N–H and O–H groups in total. The summed E-state index contributed by atoms with van der Waals surface area (Å²) < 4.78 is 5.70. The molecule has 0 spiro atoms. The molecule has 0 aliphatic rings. The van der Waals surface area contributed by atoms with Crippen LogP contribution in [0.25, 0.3) is 0 Å². The van der Waals surface area contributed by atoms with Gasteiger partial charge in [-0.05, 0) is 25.5 Å². The minimum atomic E-state index is 0.474. The first-order valence-electron chi connectivity index (χ1n) is 5.90. The Bertz CT molecular complexity index is 525. The van der Waals surface area contributed by atoms with Crippen molar-refractivity contribution in [1.82, 2.24) is 15.0 Å². The van der Waals surface area contributed by atoms with E-state index in [4.69, 9.17) is 10.5 Å². The molecule has 2 rings (SSSR count). The number of nitrogens with zero attached hydrogens (tertiary/aromatic N) is 3. The number of pyridine rings is 1. The summed E-state index contributed by atoms with van der Waals surface area (Å²) >= 11 is 0. The van der Waals surface area contributed by atoms with E-state index in [1.54, 1.807) is 6.20 Å². The van der Waals surface area contributed by atoms with Crippen LogP contribution in [0.3, 0.4) is 0 Å². The summed E-state index contributed by atoms with van der Waals surface area (Å²) in [5, 5.41) is 0. The maximum atomic E-state index is 5.84. The monoisotopic (exact) mass is 244 g/mol. The number of aromatic nitrogens is 3. The largest absolute Gasteiger partial charge is 0.437 e. The third-order valence-electron chi connectivity index (χ3n) is 2.54. The van der Waals surface area contributed by atoms with E-state index in [2.05, 4.69) is 21.9 Å². The lowest BCUT2D eigenvalue weighted by molar-refractivity contribution is 0.452. The van der Waals surface area contributed by atoms with Crippen molar-refractivity contribution >= 4 is 5.82 Å². The first kappa shape index (κ1) is 12.3. The van der Waals surface area contributed by atoms with Crippen LogP contribution in [0.2, 0.25) is 0 Å². The third-order valence-corrected chi connectivity index (χ3v) is 2.54. The highest BCUT2D eigenvalue weighted by atomic mass is 16.5. The average Bonchev–Trinajstić information content (AvgIpc) is 2.36. The normalized spacial score (nSPS) is 10.3. The summed E-state index contributed by atoms with van der Waals surface area (Å²) in [6.45, 7) is 4.00. The fourth-order valence-corrected chi connectivity index (χ4v) is 1.61. The number of ether oxygens (including phenoxy) is 1. The number of aryl methyl sites for hydroxylation is 1. The fourth-order valence-electron chi connectivity index (χ4n) is 1.61. The highest BCUT2D eigenvalue weighted by Crippen LogP contribution is 2.26. The second-order valence-corrected chi connectivity index (χ2v) is 4.03. The van der Waals surface area contributed by atoms with Crippen molar-refractivity contribution < 1.29 is 4.74 Å². The lowest BCUT2D eigenvalue weighted by atomic mass is 10.2. The van der Waals surface area contributed by atoms with Crippen LogP contribution in [0.5, 0.6) is 11.6 Å². The Hall–Kier alpha value is -2.17. The Morgan fingerprint density at radius 1 is 1.22 bits per heavy atom. The molecule has 0 saturated carbocycles. The molecule has 2 aromatic rings. The SMILES string of the molecule is CCCc1c(N)ncnc1Oc1ccc(C)nc1. The van der Waals surface area contributed by atoms with E-state index in [1.165, 1.54) is 6.33 Å². The van der Waals surface area contributed by atoms with Crippen LogP contribution in [0.15, 0.2) is 24.7 Å². The highest BCUT2D eigenvalue weighted by Gasteiger charge is 2.10. The molecular formula is C13H16N4O. The average molecular weight is 244 g/mol. The maximum Gasteiger partial charge on any atom is 0.227 e. The van der Waals surface area contributed by atoms with E-state index >= 15 is 0 Å². The molecule has 0 aliphatic heterocycles. The summed E-state index contributed by atoms with van der Waals surface area (Å²) in [6.07, 6.45) is 4.83. The van der Waals surface area contributed by atoms with Gasteiger partial charge in [0.25, 0.3) is 0 Å². The number of hydrogen-bond donors (Lipinski definition) is 1. The van der Waals surface area contributed by atoms with Gasteiger partial charge < -0.3 is 10.5 Å². The van der Waals surface area contributed by atoms with Gasteiger partial charge >= 0.3 is 0 Å². The van der Waals surface area contributed by atoms with E-state index in [0.29, 0.717) is 17.4 Å². The van der Waals surface area contributed by atoms with Crippen molar-refractivity contribution in [3.63, 3.8) is 0 Å². The van der Waals surface area contributed by atoms with E-state index < -0.39 is 0 Å². The van der Waals surface area contributed by atoms with Crippen molar-refractivity contribution in [2.75, 3.05) is 5.73 Å². The molecule has 0 unspecified atom stereocenters. The zero-order valence-corrected chi connectivity index (χ0v) is 10.6. The van der Waals surface area contributed by atoms with Crippen molar-refractivity contribution in [3.8, 4) is 11.6 Å². The van der Waals surface area contributed by atoms with Gasteiger partial charge in [-0.1, -0.05) is 13.3 Å². The first-order valence-corrected chi connectivity index (χ1v) is 5.90. The Balaban J connectivity index is 2.28. The standard InChI is InChI=1S/C13H16N4O/c1-3-4-11-12(14)16-8-17-13(11)18-10-6-5-9(2)15-7-10/h5-8H,3-4H2,1-2H3,(H2,14,16,17). The molecule has 0 amide bonds. The molecule has 0 aromatic carbocycles. The Morgan fingerprint density at radius 2 is 2.06 bits per heavy atom. The summed E-state index contributed by atoms with van der Waals surface area (Å²) in [5.74, 6) is 1.63. The van der Waals surface area contributed by atoms with E-state index in [-0.39, 0.29) is 0 Å². The van der Waals surface area contributed by atoms with Gasteiger partial charge in [-0.2, -0.15) is 0 Å². The van der Waals surface area contributed by atoms with E-state index in [1.807, 2.05) is 19.1 Å². The summed E-state index contributed by atoms with van der Waals surface area (Å²) in [6, 6.07) is 3.75. The fraction of sp³-hybridized carbons (Fsp3) is 0.308. The van der Waals surface area contributed by atoms with Gasteiger partial charge in [-0.25, -0.2) is 9.97 Å². The molecule has 0 atom stereocenters. The van der Waals surface area contributed by atoms with Crippen LogP contribution in [-0.4, -0.2) is 15.0 Å². The van der Waals surface area contributed by atoms with Gasteiger partial charge in [-0.3, -0.25) is 4.98 Å². The highest BCUT2D eigenvalue weighted by molar-refractivity contribution is 5.46. The van der Waals surface area contributed by atoms with Gasteiger partial charge in [0.15, 0.2) is 0 Å². The molecule has 0 aliphatic carbocycles. The summed E-state index contributed by atoms with van der Waals surface area (Å²) in [4.78, 5) is 12.3. The van der Waals surface area contributed by atoms with E-state index in [9.17, 15) is 0 Å². The topological polar surface area (TPSA) is 73.9 Å². The predicted octanol–water partition coefficient (Wildman–Crippen LogP) is 2.51. The van der Waals surface area contributed by atoms with Crippen LogP contribution in [0, 0.1) is 6.92 Å². The Kier molecular flexibility index (Phi) is 3.72. The Morgan fingerprint density at radius 3 is 2.72 bits per heavy atom. The van der Waals surface area contributed by atoms with E-state index in [0.717, 1.165) is 24.1 Å². The van der Waals surface area contributed by atoms with Crippen LogP contribution in [0.1, 0.15) is 24.6 Å². The number of anilines is 1. The summed E-state index contributed by atoms with van der Waals surface area (Å²) in [7, 11) is 0. The van der Waals surface area contributed by atoms with Crippen LogP contribution in [-0.2, 0) is 6.42 Å². The molecule has 2 aromatic heterocycles. The van der Waals surface area contributed by atoms with Crippen molar-refractivity contribution in [1.29, 1.82) is 0 Å². The molecule has 94 valence electrons. The van der Waals surface area contributed by atoms with Gasteiger partial charge in [0.05, 0.1) is 11.8 Å². The lowest BCUT2D eigenvalue weighted by Crippen LogP contribution is -2.02. The molecule has 5 heteroatoms. The molecule has 5 nitrogen and oxygen atoms in total. The number of nitrogen functional groups attached to an aromatic ring is 1. The molecule has 0 saturated heterocycles. The van der Waals surface area contributed by atoms with Crippen LogP contribution in [0.4, 0.5) is 5.82 Å². The smallest absolute Gasteiger partial charge is 0.227 e. The number of hydrogen-bond acceptors (Lipinski definition) is 5. The first-order chi connectivity index (χ1) is 8.70. The van der Waals surface area contributed by atoms with Gasteiger partial charge in [0.2, 0.25) is 5.88 Å². The zero-order chi connectivity index (χ0) is 13.0. The van der Waals surface area contributed by atoms with Crippen molar-refractivity contribution in [2.45, 2.75) is 26.7 Å². The maximum absolute atomic E-state index is 5.84. The molecule has 0 radical (unpaired) electrons. The number of nitrogens with two attached hydrogens (primary N) is 1. The van der Waals surface area contributed by atoms with Crippen LogP contribution >= 0.6 is 0 Å². The second kappa shape index (κ2) is 5.44. The summed E-state index contributed by atoms with van der Waals surface area (Å²) in [5.41, 5.74) is 7.63. The molecule has 0 fully saturated rings. The minimum absolute atomic E-state index is 0.474. The number of rotatable bonds is 4. The zero-order valence-electron chi connectivity index (χ0n) is 10.6. The van der Waals surface area contributed by atoms with Gasteiger partial charge in [0, 0.05) is 5.69 Å². The predicted molar refractivity (Wildman–Crippen MR) is 69.5 cm³/mol. The molecule has 0 bridgehead atoms. The molecule has 18 heavy (non-hydrogen) atoms. The van der Waals surface area contributed by atoms with Crippen molar-refractivity contribution in [3.05, 3.63) is 35.9 Å². The van der Waals surface area contributed by atoms with Gasteiger partial charge in [0.1, 0.15) is 17.9 Å². The minimum Gasteiger partial charge on any atom is -0.437 e. The van der Waals surface area contributed by atoms with Gasteiger partial charge in [-0.15, -0.1) is 0 Å². The van der Waals surface area contributed by atoms with Crippen LogP contribution < -0.4 is 10.5 Å². The molecular weight excluding hydrogens is 228 g/mol. The Labute approximate surface area is 106 Å². The molecule has 2 heterocycles. The van der Waals surface area contributed by atoms with Crippen molar-refractivity contribution in [2.24, 2.45) is 0 Å². The third kappa shape index (κ3) is 2.74. The second-order valence-electron chi connectivity index (χ2n) is 4.03. The quantitative estimate of drug-likeness (QED) is 0.894.